The van der Waals surface area contributed by atoms with Crippen LogP contribution in [-0.2, 0) is 0 Å². The van der Waals surface area contributed by atoms with Gasteiger partial charge in [-0.1, -0.05) is 127 Å². The molecule has 0 fully saturated rings. The van der Waals surface area contributed by atoms with Gasteiger partial charge in [-0.2, -0.15) is 0 Å². The van der Waals surface area contributed by atoms with Gasteiger partial charge in [0.2, 0.25) is 0 Å². The van der Waals surface area contributed by atoms with Crippen molar-refractivity contribution in [3.63, 3.8) is 0 Å². The van der Waals surface area contributed by atoms with Crippen LogP contribution in [-0.4, -0.2) is 27.4 Å². The molecule has 0 spiro atoms. The van der Waals surface area contributed by atoms with E-state index in [0.717, 1.165) is 36.3 Å². The number of nitrogens with zero attached hydrogens (tertiary/aromatic N) is 2. The molecule has 5 aromatic carbocycles. The average molecular weight is 967 g/mol. The summed E-state index contributed by atoms with van der Waals surface area (Å²) >= 11 is 5.82. The predicted molar refractivity (Wildman–Crippen MR) is 264 cm³/mol. The molecule has 10 heteroatoms. The van der Waals surface area contributed by atoms with E-state index in [0.29, 0.717) is 11.1 Å². The third kappa shape index (κ3) is 14.5. The van der Waals surface area contributed by atoms with Crippen molar-refractivity contribution in [2.24, 2.45) is 0 Å². The maximum Gasteiger partial charge on any atom is 0.362 e. The Morgan fingerprint density at radius 2 is 0.869 bits per heavy atom. The first-order valence-electron chi connectivity index (χ1n) is 19.2. The lowest BCUT2D eigenvalue weighted by molar-refractivity contribution is -0.422. The molecule has 0 aromatic heterocycles. The minimum absolute atomic E-state index is 0.00678. The number of benzene rings is 5. The van der Waals surface area contributed by atoms with E-state index in [9.17, 15) is 20.2 Å². The molecule has 6 nitrogen and oxygen atoms in total. The zero-order valence-electron chi connectivity index (χ0n) is 35.5. The lowest BCUT2D eigenvalue weighted by Crippen LogP contribution is -2.16. The molecule has 0 saturated carbocycles. The number of hydrogen-bond donors (Lipinski definition) is 0. The molecule has 61 heavy (non-hydrogen) atoms. The molecule has 5 aromatic rings. The standard InChI is InChI=1S/C51H43IN2O4S2Si/c1-50(2,3)59-45-27-26-40(22-23-41-24-25-42(30-31-61(7,8)9)49(54(57)58)48(41)53(55)56)43(34-45)20-18-38-14-10-12-36(32-38)16-17-37-13-11-15-39(33-37)19-21-44-35-46(28-29-47(44)52)60-51(4,5)6/h10-15,24-29,32-35H,1-9H3. The number of hydrogen-bond acceptors (Lipinski definition) is 6. The van der Waals surface area contributed by atoms with Gasteiger partial charge in [0.15, 0.2) is 0 Å². The first-order valence-corrected chi connectivity index (χ1v) is 25.4. The molecule has 0 heterocycles. The maximum atomic E-state index is 12.3. The van der Waals surface area contributed by atoms with Crippen molar-refractivity contribution >= 4 is 65.6 Å². The SMILES string of the molecule is CC(C)(C)Sc1ccc(I)c(C#Cc2cccc(C#Cc3cccc(C#Cc4cc(SC(C)(C)C)ccc4C#Cc4ccc(C#C[Si](C)(C)C)c([N+](=O)[O-])c4[N+](=O)[O-])c3)c2)c1. The fraction of sp³-hybridized carbons (Fsp3) is 0.216. The quantitative estimate of drug-likeness (QED) is 0.0445. The molecular formula is C51H43IN2O4S2Si. The second-order valence-corrected chi connectivity index (χ2v) is 26.5. The highest BCUT2D eigenvalue weighted by molar-refractivity contribution is 14.1. The average Bonchev–Trinajstić information content (AvgIpc) is 3.17. The van der Waals surface area contributed by atoms with Crippen LogP contribution in [0.2, 0.25) is 19.6 Å². The first kappa shape index (κ1) is 46.4. The maximum absolute atomic E-state index is 12.3. The predicted octanol–water partition coefficient (Wildman–Crippen LogP) is 12.7. The van der Waals surface area contributed by atoms with Gasteiger partial charge in [0.25, 0.3) is 0 Å². The van der Waals surface area contributed by atoms with Crippen LogP contribution in [0.5, 0.6) is 0 Å². The van der Waals surface area contributed by atoms with Crippen molar-refractivity contribution in [2.45, 2.75) is 80.5 Å². The van der Waals surface area contributed by atoms with E-state index in [1.165, 1.54) is 17.0 Å². The summed E-state index contributed by atoms with van der Waals surface area (Å²) in [5.41, 5.74) is 7.00. The Morgan fingerprint density at radius 1 is 0.492 bits per heavy atom. The van der Waals surface area contributed by atoms with E-state index < -0.39 is 29.3 Å². The second kappa shape index (κ2) is 19.8. The van der Waals surface area contributed by atoms with Gasteiger partial charge in [-0.3, -0.25) is 20.2 Å². The molecular weight excluding hydrogens is 924 g/mol. The largest absolute Gasteiger partial charge is 0.362 e. The van der Waals surface area contributed by atoms with Crippen molar-refractivity contribution < 1.29 is 9.85 Å². The second-order valence-electron chi connectivity index (χ2n) is 16.8. The van der Waals surface area contributed by atoms with Gasteiger partial charge in [0.05, 0.1) is 9.85 Å². The number of nitro groups is 2. The van der Waals surface area contributed by atoms with Crippen molar-refractivity contribution in [2.75, 3.05) is 0 Å². The van der Waals surface area contributed by atoms with Gasteiger partial charge in [-0.15, -0.1) is 29.1 Å². The van der Waals surface area contributed by atoms with Crippen LogP contribution in [0.3, 0.4) is 0 Å². The van der Waals surface area contributed by atoms with E-state index >= 15 is 0 Å². The summed E-state index contributed by atoms with van der Waals surface area (Å²) < 4.78 is 1.13. The summed E-state index contributed by atoms with van der Waals surface area (Å²) in [6.45, 7) is 18.9. The lowest BCUT2D eigenvalue weighted by Gasteiger charge is -2.17. The third-order valence-corrected chi connectivity index (χ3v) is 12.0. The Kier molecular flexibility index (Phi) is 15.1. The van der Waals surface area contributed by atoms with Crippen molar-refractivity contribution in [3.05, 3.63) is 171 Å². The summed E-state index contributed by atoms with van der Waals surface area (Å²) in [5.74, 6) is 28.4. The number of nitro benzene ring substituents is 2. The molecule has 0 aliphatic heterocycles. The fourth-order valence-electron chi connectivity index (χ4n) is 5.48. The van der Waals surface area contributed by atoms with Crippen LogP contribution >= 0.6 is 46.1 Å². The molecule has 0 saturated heterocycles. The minimum Gasteiger partial charge on any atom is -0.258 e. The molecule has 0 atom stereocenters. The van der Waals surface area contributed by atoms with E-state index in [1.54, 1.807) is 11.8 Å². The van der Waals surface area contributed by atoms with Crippen molar-refractivity contribution in [1.29, 1.82) is 0 Å². The first-order chi connectivity index (χ1) is 28.6. The van der Waals surface area contributed by atoms with Gasteiger partial charge < -0.3 is 0 Å². The van der Waals surface area contributed by atoms with Crippen LogP contribution in [0.15, 0.2) is 107 Å². The molecule has 0 aliphatic carbocycles. The monoisotopic (exact) mass is 966 g/mol. The van der Waals surface area contributed by atoms with Crippen molar-refractivity contribution in [3.8, 4) is 58.8 Å². The van der Waals surface area contributed by atoms with Gasteiger partial charge in [0.1, 0.15) is 19.2 Å². The summed E-state index contributed by atoms with van der Waals surface area (Å²) in [4.78, 5) is 25.1. The Labute approximate surface area is 383 Å². The summed E-state index contributed by atoms with van der Waals surface area (Å²) in [7, 11) is -1.92. The molecule has 5 rings (SSSR count). The van der Waals surface area contributed by atoms with Gasteiger partial charge in [0, 0.05) is 61.8 Å². The lowest BCUT2D eigenvalue weighted by atomic mass is 10.0. The Morgan fingerprint density at radius 3 is 1.33 bits per heavy atom. The van der Waals surface area contributed by atoms with Crippen LogP contribution < -0.4 is 0 Å². The number of rotatable bonds is 4. The highest BCUT2D eigenvalue weighted by Gasteiger charge is 2.32. The summed E-state index contributed by atoms with van der Waals surface area (Å²) in [5, 5.41) is 24.4. The van der Waals surface area contributed by atoms with E-state index in [1.807, 2.05) is 98.1 Å². The summed E-state index contributed by atoms with van der Waals surface area (Å²) in [6.07, 6.45) is 0. The van der Waals surface area contributed by atoms with Crippen LogP contribution in [0.25, 0.3) is 0 Å². The normalized spacial score (nSPS) is 10.9. The topological polar surface area (TPSA) is 86.3 Å². The number of halogens is 1. The van der Waals surface area contributed by atoms with Gasteiger partial charge in [-0.25, -0.2) is 0 Å². The zero-order valence-corrected chi connectivity index (χ0v) is 40.2. The highest BCUT2D eigenvalue weighted by Crippen LogP contribution is 2.36. The molecule has 0 amide bonds. The van der Waals surface area contributed by atoms with Crippen LogP contribution in [0, 0.1) is 82.6 Å². The molecule has 0 bridgehead atoms. The smallest absolute Gasteiger partial charge is 0.258 e. The number of thioether (sulfide) groups is 2. The van der Waals surface area contributed by atoms with Crippen molar-refractivity contribution in [1.82, 2.24) is 0 Å². The highest BCUT2D eigenvalue weighted by atomic mass is 127. The van der Waals surface area contributed by atoms with E-state index in [4.69, 9.17) is 0 Å². The van der Waals surface area contributed by atoms with E-state index in [2.05, 4.69) is 141 Å². The van der Waals surface area contributed by atoms with Crippen LogP contribution in [0.4, 0.5) is 11.4 Å². The third-order valence-electron chi connectivity index (χ3n) is 7.96. The molecule has 0 unspecified atom stereocenters. The molecule has 0 aliphatic rings. The molecule has 304 valence electrons. The minimum atomic E-state index is -1.92. The Balaban J connectivity index is 1.47. The van der Waals surface area contributed by atoms with Gasteiger partial charge in [-0.05, 0) is 108 Å². The fourth-order valence-corrected chi connectivity index (χ4v) is 8.50. The Bertz CT molecular complexity index is 2880. The van der Waals surface area contributed by atoms with E-state index in [-0.39, 0.29) is 20.6 Å². The van der Waals surface area contributed by atoms with Gasteiger partial charge >= 0.3 is 11.4 Å². The zero-order chi connectivity index (χ0) is 44.5. The molecule has 0 N–H and O–H groups in total. The van der Waals surface area contributed by atoms with Crippen LogP contribution in [0.1, 0.15) is 91.6 Å². The summed E-state index contributed by atoms with van der Waals surface area (Å²) in [6, 6.07) is 30.5. The molecule has 0 radical (unpaired) electrons. The Hall–Kier alpha value is -5.65.